The van der Waals surface area contributed by atoms with Crippen LogP contribution in [0.5, 0.6) is 0 Å². The van der Waals surface area contributed by atoms with Crippen LogP contribution < -0.4 is 5.73 Å². The summed E-state index contributed by atoms with van der Waals surface area (Å²) in [5.74, 6) is 1.46. The first-order valence-corrected chi connectivity index (χ1v) is 11.6. The maximum Gasteiger partial charge on any atom is 0.0236 e. The summed E-state index contributed by atoms with van der Waals surface area (Å²) in [6.45, 7) is 2.14. The lowest BCUT2D eigenvalue weighted by atomic mass is 9.92. The normalized spacial score (nSPS) is 26.2. The number of rotatable bonds is 6. The van der Waals surface area contributed by atoms with Gasteiger partial charge in [0.1, 0.15) is 0 Å². The van der Waals surface area contributed by atoms with Gasteiger partial charge in [-0.3, -0.25) is 4.90 Å². The van der Waals surface area contributed by atoms with Gasteiger partial charge in [-0.2, -0.15) is 0 Å². The Kier molecular flexibility index (Phi) is 6.01. The molecule has 1 heterocycles. The Morgan fingerprint density at radius 3 is 2.13 bits per heavy atom. The van der Waals surface area contributed by atoms with E-state index in [0.29, 0.717) is 18.0 Å². The molecule has 0 bridgehead atoms. The fraction of sp³-hybridized carbons (Fsp3) is 0.310. The van der Waals surface area contributed by atoms with Gasteiger partial charge in [-0.1, -0.05) is 97.1 Å². The number of benzene rings is 3. The summed E-state index contributed by atoms with van der Waals surface area (Å²) in [5, 5.41) is 0. The molecule has 31 heavy (non-hydrogen) atoms. The maximum atomic E-state index is 6.40. The van der Waals surface area contributed by atoms with Gasteiger partial charge in [-0.15, -0.1) is 0 Å². The summed E-state index contributed by atoms with van der Waals surface area (Å²) >= 11 is 0. The predicted molar refractivity (Wildman–Crippen MR) is 131 cm³/mol. The van der Waals surface area contributed by atoms with Crippen LogP contribution in [0.25, 0.3) is 12.2 Å². The molecule has 158 valence electrons. The summed E-state index contributed by atoms with van der Waals surface area (Å²) in [7, 11) is 0. The highest BCUT2D eigenvalue weighted by molar-refractivity contribution is 5.69. The number of hydrogen-bond donors (Lipinski definition) is 1. The average Bonchev–Trinajstić information content (AvgIpc) is 3.62. The number of nitrogens with zero attached hydrogens (tertiary/aromatic N) is 1. The molecule has 0 amide bonds. The van der Waals surface area contributed by atoms with E-state index in [1.54, 1.807) is 0 Å². The SMILES string of the molecule is NC1CCN(Cc2ccc(C=Cc3ccccc3)cc2)C(C2CC2c2ccccc2)C1. The van der Waals surface area contributed by atoms with Crippen LogP contribution >= 0.6 is 0 Å². The topological polar surface area (TPSA) is 29.3 Å². The van der Waals surface area contributed by atoms with E-state index in [4.69, 9.17) is 5.73 Å². The monoisotopic (exact) mass is 408 g/mol. The van der Waals surface area contributed by atoms with E-state index in [9.17, 15) is 0 Å². The molecule has 2 nitrogen and oxygen atoms in total. The Morgan fingerprint density at radius 2 is 1.42 bits per heavy atom. The van der Waals surface area contributed by atoms with Crippen molar-refractivity contribution in [2.45, 2.75) is 43.8 Å². The standard InChI is InChI=1S/C29H32N2/c30-26-17-18-31(29(19-26)28-20-27(28)25-9-5-2-6-10-25)21-24-15-13-23(14-16-24)12-11-22-7-3-1-4-8-22/h1-16,26-29H,17-21,30H2. The summed E-state index contributed by atoms with van der Waals surface area (Å²) in [5.41, 5.74) is 11.8. The van der Waals surface area contributed by atoms with Gasteiger partial charge in [0.25, 0.3) is 0 Å². The van der Waals surface area contributed by atoms with Crippen LogP contribution in [-0.2, 0) is 6.54 Å². The Bertz CT molecular complexity index is 994. The molecule has 3 aromatic rings. The third-order valence-corrected chi connectivity index (χ3v) is 7.00. The lowest BCUT2D eigenvalue weighted by Crippen LogP contribution is -2.47. The maximum absolute atomic E-state index is 6.40. The van der Waals surface area contributed by atoms with E-state index in [1.165, 1.54) is 28.7 Å². The van der Waals surface area contributed by atoms with Crippen molar-refractivity contribution in [1.82, 2.24) is 4.90 Å². The van der Waals surface area contributed by atoms with Crippen molar-refractivity contribution >= 4 is 12.2 Å². The summed E-state index contributed by atoms with van der Waals surface area (Å²) < 4.78 is 0. The van der Waals surface area contributed by atoms with Gasteiger partial charge in [-0.25, -0.2) is 0 Å². The van der Waals surface area contributed by atoms with Gasteiger partial charge in [0.05, 0.1) is 0 Å². The molecule has 1 saturated carbocycles. The van der Waals surface area contributed by atoms with Gasteiger partial charge < -0.3 is 5.73 Å². The first-order valence-electron chi connectivity index (χ1n) is 11.6. The second-order valence-corrected chi connectivity index (χ2v) is 9.22. The number of piperidine rings is 1. The van der Waals surface area contributed by atoms with Crippen LogP contribution in [0.4, 0.5) is 0 Å². The predicted octanol–water partition coefficient (Wildman–Crippen LogP) is 5.95. The minimum absolute atomic E-state index is 0.351. The molecular formula is C29H32N2. The molecule has 0 spiro atoms. The van der Waals surface area contributed by atoms with E-state index < -0.39 is 0 Å². The molecule has 2 aliphatic rings. The zero-order valence-electron chi connectivity index (χ0n) is 18.1. The Morgan fingerprint density at radius 1 is 0.774 bits per heavy atom. The lowest BCUT2D eigenvalue weighted by Gasteiger charge is -2.39. The molecule has 4 unspecified atom stereocenters. The molecule has 1 saturated heterocycles. The van der Waals surface area contributed by atoms with Crippen LogP contribution in [-0.4, -0.2) is 23.5 Å². The third kappa shape index (κ3) is 4.98. The van der Waals surface area contributed by atoms with Gasteiger partial charge in [0, 0.05) is 25.2 Å². The van der Waals surface area contributed by atoms with Gasteiger partial charge in [0.2, 0.25) is 0 Å². The largest absolute Gasteiger partial charge is 0.328 e. The van der Waals surface area contributed by atoms with E-state index >= 15 is 0 Å². The average molecular weight is 409 g/mol. The number of hydrogen-bond acceptors (Lipinski definition) is 2. The first kappa shape index (κ1) is 20.2. The Hall–Kier alpha value is -2.68. The molecular weight excluding hydrogens is 376 g/mol. The molecule has 0 radical (unpaired) electrons. The molecule has 2 N–H and O–H groups in total. The van der Waals surface area contributed by atoms with E-state index in [-0.39, 0.29) is 0 Å². The number of nitrogens with two attached hydrogens (primary N) is 1. The lowest BCUT2D eigenvalue weighted by molar-refractivity contribution is 0.110. The Labute approximate surface area is 186 Å². The van der Waals surface area contributed by atoms with Gasteiger partial charge in [-0.05, 0) is 53.4 Å². The molecule has 1 aliphatic carbocycles. The highest BCUT2D eigenvalue weighted by Gasteiger charge is 2.47. The van der Waals surface area contributed by atoms with Gasteiger partial charge in [0.15, 0.2) is 0 Å². The molecule has 3 aromatic carbocycles. The van der Waals surface area contributed by atoms with Crippen molar-refractivity contribution in [2.75, 3.05) is 6.54 Å². The fourth-order valence-electron chi connectivity index (χ4n) is 5.17. The molecule has 0 aromatic heterocycles. The van der Waals surface area contributed by atoms with Crippen LogP contribution in [0.15, 0.2) is 84.9 Å². The highest BCUT2D eigenvalue weighted by atomic mass is 15.2. The first-order chi connectivity index (χ1) is 15.3. The zero-order chi connectivity index (χ0) is 21.0. The van der Waals surface area contributed by atoms with E-state index in [1.807, 2.05) is 0 Å². The van der Waals surface area contributed by atoms with Crippen LogP contribution in [0.2, 0.25) is 0 Å². The second kappa shape index (κ2) is 9.21. The van der Waals surface area contributed by atoms with Crippen LogP contribution in [0.1, 0.15) is 47.4 Å². The minimum Gasteiger partial charge on any atom is -0.328 e. The fourth-order valence-corrected chi connectivity index (χ4v) is 5.17. The van der Waals surface area contributed by atoms with Crippen molar-refractivity contribution in [3.05, 3.63) is 107 Å². The van der Waals surface area contributed by atoms with Crippen molar-refractivity contribution in [1.29, 1.82) is 0 Å². The second-order valence-electron chi connectivity index (χ2n) is 9.22. The molecule has 4 atom stereocenters. The smallest absolute Gasteiger partial charge is 0.0236 e. The number of likely N-dealkylation sites (tertiary alicyclic amines) is 1. The molecule has 5 rings (SSSR count). The van der Waals surface area contributed by atoms with Crippen molar-refractivity contribution in [3.63, 3.8) is 0 Å². The van der Waals surface area contributed by atoms with Crippen LogP contribution in [0, 0.1) is 5.92 Å². The van der Waals surface area contributed by atoms with Crippen molar-refractivity contribution in [3.8, 4) is 0 Å². The Balaban J connectivity index is 1.24. The third-order valence-electron chi connectivity index (χ3n) is 7.00. The van der Waals surface area contributed by atoms with Crippen LogP contribution in [0.3, 0.4) is 0 Å². The van der Waals surface area contributed by atoms with E-state index in [0.717, 1.165) is 31.8 Å². The highest BCUT2D eigenvalue weighted by Crippen LogP contribution is 2.52. The molecule has 1 aliphatic heterocycles. The molecule has 2 heteroatoms. The molecule has 2 fully saturated rings. The summed E-state index contributed by atoms with van der Waals surface area (Å²) in [4.78, 5) is 2.70. The minimum atomic E-state index is 0.351. The zero-order valence-corrected chi connectivity index (χ0v) is 18.1. The van der Waals surface area contributed by atoms with E-state index in [2.05, 4.69) is 102 Å². The van der Waals surface area contributed by atoms with Crippen molar-refractivity contribution in [2.24, 2.45) is 11.7 Å². The quantitative estimate of drug-likeness (QED) is 0.511. The summed E-state index contributed by atoms with van der Waals surface area (Å²) in [6, 6.07) is 31.5. The van der Waals surface area contributed by atoms with Crippen molar-refractivity contribution < 1.29 is 0 Å². The van der Waals surface area contributed by atoms with Gasteiger partial charge >= 0.3 is 0 Å². The summed E-state index contributed by atoms with van der Waals surface area (Å²) in [6.07, 6.45) is 7.91.